The number of benzene rings is 1. The third kappa shape index (κ3) is 3.43. The standard InChI is InChI=1S/C17H20N4OS/c1-11(16-8-13-6-4-5-7-15(13)21(16)3)18-9-14-10-19-17(23-14)20-12(2)22/h4-8,10-11,18H,9H2,1-3H3,(H,19,20,22). The fourth-order valence-corrected chi connectivity index (χ4v) is 3.49. The molecule has 3 aromatic rings. The summed E-state index contributed by atoms with van der Waals surface area (Å²) in [7, 11) is 2.09. The summed E-state index contributed by atoms with van der Waals surface area (Å²) in [6.07, 6.45) is 1.80. The van der Waals surface area contributed by atoms with E-state index >= 15 is 0 Å². The Morgan fingerprint density at radius 2 is 2.17 bits per heavy atom. The topological polar surface area (TPSA) is 59.0 Å². The zero-order valence-corrected chi connectivity index (χ0v) is 14.3. The van der Waals surface area contributed by atoms with Crippen molar-refractivity contribution in [3.8, 4) is 0 Å². The lowest BCUT2D eigenvalue weighted by molar-refractivity contribution is -0.114. The van der Waals surface area contributed by atoms with Crippen LogP contribution < -0.4 is 10.6 Å². The minimum Gasteiger partial charge on any atom is -0.346 e. The molecule has 2 heterocycles. The summed E-state index contributed by atoms with van der Waals surface area (Å²) in [6.45, 7) is 4.37. The van der Waals surface area contributed by atoms with Gasteiger partial charge in [0.2, 0.25) is 5.91 Å². The molecule has 1 unspecified atom stereocenters. The molecule has 0 saturated carbocycles. The SMILES string of the molecule is CC(=O)Nc1ncc(CNC(C)c2cc3ccccc3n2C)s1. The zero-order chi connectivity index (χ0) is 16.4. The number of aromatic nitrogens is 2. The second kappa shape index (κ2) is 6.52. The maximum absolute atomic E-state index is 11.0. The van der Waals surface area contributed by atoms with Gasteiger partial charge < -0.3 is 15.2 Å². The van der Waals surface area contributed by atoms with Crippen LogP contribution in [0.4, 0.5) is 5.13 Å². The molecule has 0 aliphatic heterocycles. The molecule has 0 fully saturated rings. The molecule has 1 aromatic carbocycles. The van der Waals surface area contributed by atoms with Crippen LogP contribution in [0.2, 0.25) is 0 Å². The molecule has 3 rings (SSSR count). The van der Waals surface area contributed by atoms with E-state index in [1.54, 1.807) is 6.20 Å². The fourth-order valence-electron chi connectivity index (χ4n) is 2.68. The van der Waals surface area contributed by atoms with Gasteiger partial charge in [0.25, 0.3) is 0 Å². The second-order valence-electron chi connectivity index (χ2n) is 5.60. The highest BCUT2D eigenvalue weighted by Gasteiger charge is 2.12. The molecule has 1 amide bonds. The van der Waals surface area contributed by atoms with Crippen LogP contribution in [0.15, 0.2) is 36.5 Å². The fraction of sp³-hybridized carbons (Fsp3) is 0.294. The van der Waals surface area contributed by atoms with Gasteiger partial charge in [0.1, 0.15) is 0 Å². The molecule has 6 heteroatoms. The molecule has 0 spiro atoms. The molecule has 0 aliphatic carbocycles. The number of nitrogens with one attached hydrogen (secondary N) is 2. The van der Waals surface area contributed by atoms with Gasteiger partial charge in [0.15, 0.2) is 5.13 Å². The van der Waals surface area contributed by atoms with Crippen LogP contribution in [0.25, 0.3) is 10.9 Å². The van der Waals surface area contributed by atoms with Crippen molar-refractivity contribution < 1.29 is 4.79 Å². The smallest absolute Gasteiger partial charge is 0.223 e. The number of amides is 1. The Morgan fingerprint density at radius 1 is 1.39 bits per heavy atom. The monoisotopic (exact) mass is 328 g/mol. The van der Waals surface area contributed by atoms with Crippen LogP contribution >= 0.6 is 11.3 Å². The average Bonchev–Trinajstić information content (AvgIpc) is 3.09. The van der Waals surface area contributed by atoms with Crippen molar-refractivity contribution in [3.05, 3.63) is 47.1 Å². The molecular weight excluding hydrogens is 308 g/mol. The minimum absolute atomic E-state index is 0.0947. The molecule has 2 aromatic heterocycles. The molecule has 0 bridgehead atoms. The van der Waals surface area contributed by atoms with Gasteiger partial charge in [0, 0.05) is 48.8 Å². The van der Waals surface area contributed by atoms with Crippen LogP contribution in [0, 0.1) is 0 Å². The molecule has 2 N–H and O–H groups in total. The summed E-state index contributed by atoms with van der Waals surface area (Å²) in [6, 6.07) is 10.8. The quantitative estimate of drug-likeness (QED) is 0.754. The van der Waals surface area contributed by atoms with E-state index in [2.05, 4.69) is 64.5 Å². The first-order chi connectivity index (χ1) is 11.0. The number of nitrogens with zero attached hydrogens (tertiary/aromatic N) is 2. The second-order valence-corrected chi connectivity index (χ2v) is 6.72. The van der Waals surface area contributed by atoms with E-state index in [1.807, 2.05) is 0 Å². The van der Waals surface area contributed by atoms with Crippen LogP contribution in [0.5, 0.6) is 0 Å². The van der Waals surface area contributed by atoms with E-state index in [4.69, 9.17) is 0 Å². The summed E-state index contributed by atoms with van der Waals surface area (Å²) in [5.41, 5.74) is 2.49. The third-order valence-corrected chi connectivity index (χ3v) is 4.76. The molecule has 120 valence electrons. The molecule has 23 heavy (non-hydrogen) atoms. The van der Waals surface area contributed by atoms with Crippen LogP contribution in [0.3, 0.4) is 0 Å². The Morgan fingerprint density at radius 3 is 2.91 bits per heavy atom. The number of rotatable bonds is 5. The Labute approximate surface area is 139 Å². The van der Waals surface area contributed by atoms with Crippen molar-refractivity contribution in [1.29, 1.82) is 0 Å². The Hall–Kier alpha value is -2.18. The van der Waals surface area contributed by atoms with Crippen molar-refractivity contribution in [3.63, 3.8) is 0 Å². The van der Waals surface area contributed by atoms with E-state index in [-0.39, 0.29) is 11.9 Å². The molecule has 0 saturated heterocycles. The van der Waals surface area contributed by atoms with Crippen molar-refractivity contribution in [2.45, 2.75) is 26.4 Å². The highest BCUT2D eigenvalue weighted by Crippen LogP contribution is 2.24. The summed E-state index contributed by atoms with van der Waals surface area (Å²) in [4.78, 5) is 16.3. The van der Waals surface area contributed by atoms with Crippen molar-refractivity contribution >= 4 is 33.3 Å². The number of thiazole rings is 1. The predicted molar refractivity (Wildman–Crippen MR) is 94.6 cm³/mol. The number of para-hydroxylation sites is 1. The Kier molecular flexibility index (Phi) is 4.45. The van der Waals surface area contributed by atoms with E-state index in [1.165, 1.54) is 34.9 Å². The van der Waals surface area contributed by atoms with Gasteiger partial charge in [-0.15, -0.1) is 11.3 Å². The van der Waals surface area contributed by atoms with Crippen molar-refractivity contribution in [2.24, 2.45) is 7.05 Å². The first-order valence-electron chi connectivity index (χ1n) is 7.54. The highest BCUT2D eigenvalue weighted by molar-refractivity contribution is 7.15. The number of anilines is 1. The molecule has 5 nitrogen and oxygen atoms in total. The van der Waals surface area contributed by atoms with E-state index < -0.39 is 0 Å². The maximum atomic E-state index is 11.0. The minimum atomic E-state index is -0.0947. The zero-order valence-electron chi connectivity index (χ0n) is 13.5. The lowest BCUT2D eigenvalue weighted by Crippen LogP contribution is -2.19. The first kappa shape index (κ1) is 15.7. The number of fused-ring (bicyclic) bond motifs is 1. The summed E-state index contributed by atoms with van der Waals surface area (Å²) in [5, 5.41) is 8.13. The largest absolute Gasteiger partial charge is 0.346 e. The average molecular weight is 328 g/mol. The van der Waals surface area contributed by atoms with Gasteiger partial charge in [-0.25, -0.2) is 4.98 Å². The maximum Gasteiger partial charge on any atom is 0.223 e. The van der Waals surface area contributed by atoms with Gasteiger partial charge in [0.05, 0.1) is 0 Å². The van der Waals surface area contributed by atoms with Crippen molar-refractivity contribution in [1.82, 2.24) is 14.9 Å². The number of hydrogen-bond acceptors (Lipinski definition) is 4. The van der Waals surface area contributed by atoms with Crippen molar-refractivity contribution in [2.75, 3.05) is 5.32 Å². The normalized spacial score (nSPS) is 12.5. The molecule has 1 atom stereocenters. The van der Waals surface area contributed by atoms with Crippen LogP contribution in [0.1, 0.15) is 30.5 Å². The number of hydrogen-bond donors (Lipinski definition) is 2. The molecule has 0 radical (unpaired) electrons. The third-order valence-electron chi connectivity index (χ3n) is 3.85. The van der Waals surface area contributed by atoms with Crippen LogP contribution in [-0.2, 0) is 18.4 Å². The van der Waals surface area contributed by atoms with E-state index in [9.17, 15) is 4.79 Å². The first-order valence-corrected chi connectivity index (χ1v) is 8.36. The lowest BCUT2D eigenvalue weighted by Gasteiger charge is -2.14. The van der Waals surface area contributed by atoms with Crippen LogP contribution in [-0.4, -0.2) is 15.5 Å². The molecule has 0 aliphatic rings. The number of carbonyl (C=O) groups excluding carboxylic acids is 1. The Bertz CT molecular complexity index is 836. The van der Waals surface area contributed by atoms with Gasteiger partial charge in [-0.3, -0.25) is 4.79 Å². The highest BCUT2D eigenvalue weighted by atomic mass is 32.1. The van der Waals surface area contributed by atoms with E-state index in [0.29, 0.717) is 5.13 Å². The van der Waals surface area contributed by atoms with Gasteiger partial charge in [-0.2, -0.15) is 0 Å². The summed E-state index contributed by atoms with van der Waals surface area (Å²) < 4.78 is 2.22. The van der Waals surface area contributed by atoms with Gasteiger partial charge in [-0.1, -0.05) is 18.2 Å². The lowest BCUT2D eigenvalue weighted by atomic mass is 10.2. The molecular formula is C17H20N4OS. The van der Waals surface area contributed by atoms with Gasteiger partial charge in [-0.05, 0) is 24.4 Å². The Balaban J connectivity index is 1.68. The number of aryl methyl sites for hydroxylation is 1. The van der Waals surface area contributed by atoms with Gasteiger partial charge >= 0.3 is 0 Å². The summed E-state index contributed by atoms with van der Waals surface area (Å²) >= 11 is 1.50. The number of carbonyl (C=O) groups is 1. The predicted octanol–water partition coefficient (Wildman–Crippen LogP) is 3.44. The van der Waals surface area contributed by atoms with E-state index in [0.717, 1.165) is 11.4 Å². The summed E-state index contributed by atoms with van der Waals surface area (Å²) in [5.74, 6) is -0.0947.